The number of nitrogens with one attached hydrogen (secondary N) is 2. The maximum atomic E-state index is 12.6. The first-order valence-electron chi connectivity index (χ1n) is 9.29. The molecule has 0 aliphatic carbocycles. The van der Waals surface area contributed by atoms with Crippen LogP contribution in [0.5, 0.6) is 0 Å². The molecule has 0 saturated heterocycles. The Morgan fingerprint density at radius 3 is 2.30 bits per heavy atom. The van der Waals surface area contributed by atoms with Gasteiger partial charge in [0.25, 0.3) is 11.8 Å². The van der Waals surface area contributed by atoms with E-state index >= 15 is 0 Å². The summed E-state index contributed by atoms with van der Waals surface area (Å²) in [7, 11) is -3.70. The van der Waals surface area contributed by atoms with Gasteiger partial charge in [0, 0.05) is 18.7 Å². The fourth-order valence-corrected chi connectivity index (χ4v) is 4.33. The van der Waals surface area contributed by atoms with Crippen molar-refractivity contribution in [1.82, 2.24) is 25.1 Å². The molecule has 0 atom stereocenters. The molecule has 30 heavy (non-hydrogen) atoms. The lowest BCUT2D eigenvalue weighted by molar-refractivity contribution is 0.0844. The van der Waals surface area contributed by atoms with Crippen molar-refractivity contribution in [3.05, 3.63) is 66.0 Å². The fourth-order valence-electron chi connectivity index (χ4n) is 2.83. The molecule has 0 saturated carbocycles. The predicted octanol–water partition coefficient (Wildman–Crippen LogP) is 1.74. The standard InChI is InChI=1S/C20H21N5O4S/c1-3-25(4-2)30(28,29)15-9-7-8-14(12-15)19(26)23-24-20(27)18-13-21-16-10-5-6-11-17(16)22-18/h5-13H,3-4H2,1-2H3,(H,23,26)(H,24,27). The summed E-state index contributed by atoms with van der Waals surface area (Å²) in [4.78, 5) is 33.1. The van der Waals surface area contributed by atoms with Crippen LogP contribution in [0.25, 0.3) is 11.0 Å². The van der Waals surface area contributed by atoms with Crippen molar-refractivity contribution in [2.75, 3.05) is 13.1 Å². The van der Waals surface area contributed by atoms with E-state index in [1.165, 1.54) is 34.8 Å². The van der Waals surface area contributed by atoms with Crippen molar-refractivity contribution in [2.24, 2.45) is 0 Å². The van der Waals surface area contributed by atoms with Gasteiger partial charge in [0.05, 0.1) is 22.1 Å². The molecule has 2 aromatic carbocycles. The first kappa shape index (κ1) is 21.3. The van der Waals surface area contributed by atoms with E-state index in [-0.39, 0.29) is 16.2 Å². The van der Waals surface area contributed by atoms with Crippen LogP contribution < -0.4 is 10.9 Å². The minimum absolute atomic E-state index is 0.00516. The van der Waals surface area contributed by atoms with Gasteiger partial charge >= 0.3 is 0 Å². The number of sulfonamides is 1. The Morgan fingerprint density at radius 2 is 1.60 bits per heavy atom. The third-order valence-corrected chi connectivity index (χ3v) is 6.46. The van der Waals surface area contributed by atoms with Gasteiger partial charge in [0.2, 0.25) is 10.0 Å². The molecule has 0 radical (unpaired) electrons. The third-order valence-electron chi connectivity index (χ3n) is 4.41. The van der Waals surface area contributed by atoms with Crippen molar-refractivity contribution >= 4 is 32.9 Å². The lowest BCUT2D eigenvalue weighted by Gasteiger charge is -2.18. The Kier molecular flexibility index (Phi) is 6.38. The molecule has 3 aromatic rings. The molecule has 9 nitrogen and oxygen atoms in total. The van der Waals surface area contributed by atoms with Crippen LogP contribution in [0.1, 0.15) is 34.7 Å². The molecule has 1 heterocycles. The Morgan fingerprint density at radius 1 is 0.933 bits per heavy atom. The highest BCUT2D eigenvalue weighted by Gasteiger charge is 2.22. The lowest BCUT2D eigenvalue weighted by atomic mass is 10.2. The summed E-state index contributed by atoms with van der Waals surface area (Å²) in [5, 5.41) is 0. The molecule has 10 heteroatoms. The van der Waals surface area contributed by atoms with E-state index in [4.69, 9.17) is 0 Å². The van der Waals surface area contributed by atoms with Crippen LogP contribution in [0.3, 0.4) is 0 Å². The quantitative estimate of drug-likeness (QED) is 0.578. The summed E-state index contributed by atoms with van der Waals surface area (Å²) >= 11 is 0. The first-order chi connectivity index (χ1) is 14.4. The van der Waals surface area contributed by atoms with Gasteiger partial charge in [-0.05, 0) is 30.3 Å². The number of rotatable bonds is 6. The number of nitrogens with zero attached hydrogens (tertiary/aromatic N) is 3. The SMILES string of the molecule is CCN(CC)S(=O)(=O)c1cccc(C(=O)NNC(=O)c2cnc3ccccc3n2)c1. The highest BCUT2D eigenvalue weighted by atomic mass is 32.2. The Hall–Kier alpha value is -3.37. The number of carbonyl (C=O) groups is 2. The summed E-state index contributed by atoms with van der Waals surface area (Å²) in [6, 6.07) is 12.7. The first-order valence-corrected chi connectivity index (χ1v) is 10.7. The zero-order chi connectivity index (χ0) is 21.7. The van der Waals surface area contributed by atoms with Gasteiger partial charge in [-0.3, -0.25) is 25.4 Å². The maximum Gasteiger partial charge on any atom is 0.289 e. The predicted molar refractivity (Wildman–Crippen MR) is 111 cm³/mol. The number of benzene rings is 2. The molecule has 0 aliphatic heterocycles. The second-order valence-electron chi connectivity index (χ2n) is 6.27. The molecular formula is C20H21N5O4S. The average molecular weight is 427 g/mol. The molecule has 0 spiro atoms. The van der Waals surface area contributed by atoms with Crippen molar-refractivity contribution in [2.45, 2.75) is 18.7 Å². The molecule has 0 bridgehead atoms. The van der Waals surface area contributed by atoms with Crippen molar-refractivity contribution in [3.63, 3.8) is 0 Å². The minimum atomic E-state index is -3.70. The van der Waals surface area contributed by atoms with Crippen molar-refractivity contribution < 1.29 is 18.0 Å². The second kappa shape index (κ2) is 8.97. The number of hydrogen-bond donors (Lipinski definition) is 2. The summed E-state index contributed by atoms with van der Waals surface area (Å²) in [5.74, 6) is -1.30. The van der Waals surface area contributed by atoms with Crippen LogP contribution in [0.2, 0.25) is 0 Å². The molecule has 2 N–H and O–H groups in total. The largest absolute Gasteiger partial charge is 0.289 e. The fraction of sp³-hybridized carbons (Fsp3) is 0.200. The number of hydrogen-bond acceptors (Lipinski definition) is 6. The minimum Gasteiger partial charge on any atom is -0.267 e. The van der Waals surface area contributed by atoms with Gasteiger partial charge in [-0.25, -0.2) is 13.4 Å². The summed E-state index contributed by atoms with van der Waals surface area (Å²) in [6.07, 6.45) is 1.31. The van der Waals surface area contributed by atoms with Gasteiger partial charge in [0.1, 0.15) is 5.69 Å². The molecule has 2 amide bonds. The van der Waals surface area contributed by atoms with Gasteiger partial charge < -0.3 is 0 Å². The molecule has 1 aromatic heterocycles. The number of para-hydroxylation sites is 2. The number of amides is 2. The lowest BCUT2D eigenvalue weighted by Crippen LogP contribution is -2.42. The van der Waals surface area contributed by atoms with Crippen molar-refractivity contribution in [1.29, 1.82) is 0 Å². The van der Waals surface area contributed by atoms with E-state index in [0.717, 1.165) is 0 Å². The van der Waals surface area contributed by atoms with Crippen LogP contribution in [0.4, 0.5) is 0 Å². The van der Waals surface area contributed by atoms with Gasteiger partial charge in [-0.1, -0.05) is 32.0 Å². The molecule has 0 unspecified atom stereocenters. The third kappa shape index (κ3) is 4.44. The van der Waals surface area contributed by atoms with Gasteiger partial charge in [-0.2, -0.15) is 4.31 Å². The molecule has 0 fully saturated rings. The van der Waals surface area contributed by atoms with E-state index < -0.39 is 21.8 Å². The normalized spacial score (nSPS) is 11.4. The maximum absolute atomic E-state index is 12.6. The monoisotopic (exact) mass is 427 g/mol. The van der Waals surface area contributed by atoms with E-state index in [1.807, 2.05) is 6.07 Å². The highest BCUT2D eigenvalue weighted by Crippen LogP contribution is 2.17. The average Bonchev–Trinajstić information content (AvgIpc) is 2.77. The molecule has 0 aliphatic rings. The van der Waals surface area contributed by atoms with E-state index in [0.29, 0.717) is 24.1 Å². The second-order valence-corrected chi connectivity index (χ2v) is 8.21. The van der Waals surface area contributed by atoms with Crippen molar-refractivity contribution in [3.8, 4) is 0 Å². The van der Waals surface area contributed by atoms with E-state index in [9.17, 15) is 18.0 Å². The Balaban J connectivity index is 1.72. The van der Waals surface area contributed by atoms with Gasteiger partial charge in [-0.15, -0.1) is 0 Å². The number of carbonyl (C=O) groups excluding carboxylic acids is 2. The number of hydrazine groups is 1. The van der Waals surface area contributed by atoms with E-state index in [2.05, 4.69) is 20.8 Å². The van der Waals surface area contributed by atoms with Crippen LogP contribution in [-0.2, 0) is 10.0 Å². The highest BCUT2D eigenvalue weighted by molar-refractivity contribution is 7.89. The zero-order valence-corrected chi connectivity index (χ0v) is 17.3. The molecule has 3 rings (SSSR count). The number of aromatic nitrogens is 2. The number of fused-ring (bicyclic) bond motifs is 1. The molecule has 156 valence electrons. The summed E-state index contributed by atoms with van der Waals surface area (Å²) in [5.41, 5.74) is 5.85. The van der Waals surface area contributed by atoms with E-state index in [1.54, 1.807) is 32.0 Å². The van der Waals surface area contributed by atoms with Gasteiger partial charge in [0.15, 0.2) is 0 Å². The van der Waals surface area contributed by atoms with Crippen LogP contribution in [-0.4, -0.2) is 47.6 Å². The zero-order valence-electron chi connectivity index (χ0n) is 16.5. The van der Waals surface area contributed by atoms with Crippen LogP contribution >= 0.6 is 0 Å². The summed E-state index contributed by atoms with van der Waals surface area (Å²) < 4.78 is 26.6. The Labute approximate surface area is 174 Å². The van der Waals surface area contributed by atoms with Crippen LogP contribution in [0.15, 0.2) is 59.6 Å². The topological polar surface area (TPSA) is 121 Å². The smallest absolute Gasteiger partial charge is 0.267 e. The Bertz CT molecular complexity index is 1190. The van der Waals surface area contributed by atoms with Crippen LogP contribution in [0, 0.1) is 0 Å². The summed E-state index contributed by atoms with van der Waals surface area (Å²) in [6.45, 7) is 4.11. The molecular weight excluding hydrogens is 406 g/mol.